The fourth-order valence-corrected chi connectivity index (χ4v) is 1.17. The number of phenolic OH excluding ortho intramolecular Hbond substituents is 2. The molecule has 1 aromatic rings. The first-order chi connectivity index (χ1) is 7.60. The molecule has 16 heavy (non-hydrogen) atoms. The maximum Gasteiger partial charge on any atom is 0.259 e. The lowest BCUT2D eigenvalue weighted by Gasteiger charge is -2.14. The average Bonchev–Trinajstić information content (AvgIpc) is 2.25. The molecule has 6 nitrogen and oxygen atoms in total. The fourth-order valence-electron chi connectivity index (χ4n) is 1.17. The van der Waals surface area contributed by atoms with E-state index in [1.54, 1.807) is 0 Å². The topological polar surface area (TPSA) is 110 Å². The monoisotopic (exact) mass is 227 g/mol. The Morgan fingerprint density at radius 3 is 2.12 bits per heavy atom. The maximum atomic E-state index is 11.6. The van der Waals surface area contributed by atoms with Gasteiger partial charge in [0.1, 0.15) is 17.1 Å². The molecule has 1 aromatic carbocycles. The molecule has 0 unspecified atom stereocenters. The number of phenols is 2. The van der Waals surface area contributed by atoms with Crippen LogP contribution in [0.3, 0.4) is 0 Å². The highest BCUT2D eigenvalue weighted by atomic mass is 16.3. The van der Waals surface area contributed by atoms with Gasteiger partial charge in [0, 0.05) is 0 Å². The number of hydrogen-bond donors (Lipinski definition) is 5. The normalized spacial score (nSPS) is 10.4. The second-order valence-corrected chi connectivity index (χ2v) is 3.21. The Morgan fingerprint density at radius 1 is 1.19 bits per heavy atom. The van der Waals surface area contributed by atoms with Crippen LogP contribution >= 0.6 is 0 Å². The SMILES string of the molecule is O=C(NC(CO)CO)c1c(O)cccc1O. The van der Waals surface area contributed by atoms with E-state index in [0.717, 1.165) is 0 Å². The molecule has 0 aliphatic heterocycles. The summed E-state index contributed by atoms with van der Waals surface area (Å²) >= 11 is 0. The van der Waals surface area contributed by atoms with Crippen molar-refractivity contribution >= 4 is 5.91 Å². The number of benzene rings is 1. The first kappa shape index (κ1) is 12.3. The molecule has 0 atom stereocenters. The van der Waals surface area contributed by atoms with Gasteiger partial charge in [0.15, 0.2) is 0 Å². The zero-order valence-corrected chi connectivity index (χ0v) is 8.42. The van der Waals surface area contributed by atoms with Crippen molar-refractivity contribution in [1.82, 2.24) is 5.32 Å². The average molecular weight is 227 g/mol. The van der Waals surface area contributed by atoms with Crippen LogP contribution in [0, 0.1) is 0 Å². The van der Waals surface area contributed by atoms with Crippen molar-refractivity contribution in [2.45, 2.75) is 6.04 Å². The molecule has 0 heterocycles. The Bertz CT molecular complexity index is 355. The van der Waals surface area contributed by atoms with Crippen LogP contribution < -0.4 is 5.32 Å². The highest BCUT2D eigenvalue weighted by Crippen LogP contribution is 2.25. The summed E-state index contributed by atoms with van der Waals surface area (Å²) in [7, 11) is 0. The third kappa shape index (κ3) is 2.62. The summed E-state index contributed by atoms with van der Waals surface area (Å²) in [5, 5.41) is 38.5. The number of hydrogen-bond acceptors (Lipinski definition) is 5. The van der Waals surface area contributed by atoms with E-state index in [4.69, 9.17) is 10.2 Å². The minimum absolute atomic E-state index is 0.283. The summed E-state index contributed by atoms with van der Waals surface area (Å²) in [5.41, 5.74) is -0.283. The Morgan fingerprint density at radius 2 is 1.69 bits per heavy atom. The van der Waals surface area contributed by atoms with Gasteiger partial charge >= 0.3 is 0 Å². The van der Waals surface area contributed by atoms with Gasteiger partial charge in [0.2, 0.25) is 0 Å². The Kier molecular flexibility index (Phi) is 4.10. The molecule has 88 valence electrons. The second kappa shape index (κ2) is 5.34. The largest absolute Gasteiger partial charge is 0.507 e. The Balaban J connectivity index is 2.88. The van der Waals surface area contributed by atoms with E-state index in [1.165, 1.54) is 18.2 Å². The van der Waals surface area contributed by atoms with Crippen LogP contribution in [0.25, 0.3) is 0 Å². The lowest BCUT2D eigenvalue weighted by molar-refractivity contribution is 0.0874. The molecule has 0 fully saturated rings. The smallest absolute Gasteiger partial charge is 0.259 e. The van der Waals surface area contributed by atoms with Gasteiger partial charge in [-0.1, -0.05) is 6.07 Å². The molecule has 0 spiro atoms. The molecule has 0 radical (unpaired) electrons. The van der Waals surface area contributed by atoms with Crippen LogP contribution in [0.2, 0.25) is 0 Å². The van der Waals surface area contributed by atoms with Crippen molar-refractivity contribution < 1.29 is 25.2 Å². The minimum atomic E-state index is -0.827. The van der Waals surface area contributed by atoms with Crippen molar-refractivity contribution in [3.8, 4) is 11.5 Å². The highest BCUT2D eigenvalue weighted by Gasteiger charge is 2.18. The molecule has 5 N–H and O–H groups in total. The zero-order chi connectivity index (χ0) is 12.1. The second-order valence-electron chi connectivity index (χ2n) is 3.21. The van der Waals surface area contributed by atoms with Gasteiger partial charge in [-0.25, -0.2) is 0 Å². The molecule has 1 amide bonds. The third-order valence-electron chi connectivity index (χ3n) is 2.02. The van der Waals surface area contributed by atoms with E-state index in [9.17, 15) is 15.0 Å². The van der Waals surface area contributed by atoms with Gasteiger partial charge < -0.3 is 25.7 Å². The highest BCUT2D eigenvalue weighted by molar-refractivity contribution is 5.99. The number of carbonyl (C=O) groups is 1. The van der Waals surface area contributed by atoms with Gasteiger partial charge in [0.05, 0.1) is 19.3 Å². The molecule has 0 bridgehead atoms. The van der Waals surface area contributed by atoms with Crippen molar-refractivity contribution in [2.24, 2.45) is 0 Å². The summed E-state index contributed by atoms with van der Waals surface area (Å²) in [5.74, 6) is -1.50. The van der Waals surface area contributed by atoms with E-state index in [2.05, 4.69) is 5.32 Å². The summed E-state index contributed by atoms with van der Waals surface area (Å²) in [6.45, 7) is -0.868. The summed E-state index contributed by atoms with van der Waals surface area (Å²) in [6, 6.07) is 3.06. The van der Waals surface area contributed by atoms with Crippen LogP contribution in [-0.2, 0) is 0 Å². The number of aromatic hydroxyl groups is 2. The first-order valence-electron chi connectivity index (χ1n) is 4.63. The van der Waals surface area contributed by atoms with Crippen molar-refractivity contribution in [2.75, 3.05) is 13.2 Å². The van der Waals surface area contributed by atoms with Crippen LogP contribution in [0.5, 0.6) is 11.5 Å². The molecule has 0 saturated carbocycles. The van der Waals surface area contributed by atoms with Crippen LogP contribution in [0.4, 0.5) is 0 Å². The molecule has 1 rings (SSSR count). The predicted molar refractivity (Wildman–Crippen MR) is 55.2 cm³/mol. The molecular weight excluding hydrogens is 214 g/mol. The molecule has 0 saturated heterocycles. The molecule has 0 aromatic heterocycles. The molecule has 0 aliphatic rings. The Labute approximate surface area is 91.8 Å². The lowest BCUT2D eigenvalue weighted by Crippen LogP contribution is -2.40. The van der Waals surface area contributed by atoms with Crippen molar-refractivity contribution in [1.29, 1.82) is 0 Å². The molecule has 0 aliphatic carbocycles. The number of nitrogens with one attached hydrogen (secondary N) is 1. The molecule has 6 heteroatoms. The minimum Gasteiger partial charge on any atom is -0.507 e. The standard InChI is InChI=1S/C10H13NO5/c12-4-6(5-13)11-10(16)9-7(14)2-1-3-8(9)15/h1-3,6,12-15H,4-5H2,(H,11,16). The van der Waals surface area contributed by atoms with Gasteiger partial charge in [-0.2, -0.15) is 0 Å². The number of carbonyl (C=O) groups excluding carboxylic acids is 1. The number of amides is 1. The molecular formula is C10H13NO5. The van der Waals surface area contributed by atoms with Crippen LogP contribution in [-0.4, -0.2) is 45.6 Å². The number of aliphatic hydroxyl groups excluding tert-OH is 2. The summed E-state index contributed by atoms with van der Waals surface area (Å²) in [4.78, 5) is 11.6. The van der Waals surface area contributed by atoms with Gasteiger partial charge in [-0.15, -0.1) is 0 Å². The van der Waals surface area contributed by atoms with Crippen LogP contribution in [0.1, 0.15) is 10.4 Å². The fraction of sp³-hybridized carbons (Fsp3) is 0.300. The third-order valence-corrected chi connectivity index (χ3v) is 2.02. The summed E-state index contributed by atoms with van der Waals surface area (Å²) in [6.07, 6.45) is 0. The first-order valence-corrected chi connectivity index (χ1v) is 4.63. The predicted octanol–water partition coefficient (Wildman–Crippen LogP) is -0.819. The van der Waals surface area contributed by atoms with Gasteiger partial charge in [-0.3, -0.25) is 4.79 Å². The van der Waals surface area contributed by atoms with Crippen molar-refractivity contribution in [3.05, 3.63) is 23.8 Å². The van der Waals surface area contributed by atoms with Gasteiger partial charge in [-0.05, 0) is 12.1 Å². The van der Waals surface area contributed by atoms with E-state index in [0.29, 0.717) is 0 Å². The zero-order valence-electron chi connectivity index (χ0n) is 8.42. The number of aliphatic hydroxyl groups is 2. The Hall–Kier alpha value is -1.79. The lowest BCUT2D eigenvalue weighted by atomic mass is 10.1. The maximum absolute atomic E-state index is 11.6. The van der Waals surface area contributed by atoms with E-state index >= 15 is 0 Å². The van der Waals surface area contributed by atoms with E-state index in [1.807, 2.05) is 0 Å². The van der Waals surface area contributed by atoms with E-state index < -0.39 is 25.2 Å². The van der Waals surface area contributed by atoms with E-state index in [-0.39, 0.29) is 17.1 Å². The van der Waals surface area contributed by atoms with Gasteiger partial charge in [0.25, 0.3) is 5.91 Å². The quantitative estimate of drug-likeness (QED) is 0.461. The summed E-state index contributed by atoms with van der Waals surface area (Å²) < 4.78 is 0. The van der Waals surface area contributed by atoms with Crippen LogP contribution in [0.15, 0.2) is 18.2 Å². The number of rotatable bonds is 4. The van der Waals surface area contributed by atoms with Crippen molar-refractivity contribution in [3.63, 3.8) is 0 Å².